The Hall–Kier alpha value is -2.05. The molecule has 0 radical (unpaired) electrons. The lowest BCUT2D eigenvalue weighted by Crippen LogP contribution is -2.38. The number of rotatable bonds is 6. The molecule has 4 rings (SSSR count). The van der Waals surface area contributed by atoms with E-state index in [4.69, 9.17) is 5.11 Å². The molecule has 1 fully saturated rings. The summed E-state index contributed by atoms with van der Waals surface area (Å²) < 4.78 is 13.8. The maximum Gasteiger partial charge on any atom is 0.308 e. The molecule has 1 aliphatic heterocycles. The molecule has 1 aromatic heterocycles. The number of carboxylic acid groups (broad SMARTS) is 1. The average molecular weight is 373 g/mol. The fraction of sp³-hybridized carbons (Fsp3) is 0.400. The van der Waals surface area contributed by atoms with E-state index in [0.29, 0.717) is 12.1 Å². The first kappa shape index (κ1) is 17.4. The minimum atomic E-state index is -0.831. The summed E-state index contributed by atoms with van der Waals surface area (Å²) >= 11 is 1.55. The lowest BCUT2D eigenvalue weighted by Gasteiger charge is -2.34. The highest BCUT2D eigenvalue weighted by atomic mass is 32.1. The van der Waals surface area contributed by atoms with Gasteiger partial charge in [0.1, 0.15) is 5.82 Å². The van der Waals surface area contributed by atoms with E-state index in [1.807, 2.05) is 12.1 Å². The van der Waals surface area contributed by atoms with Gasteiger partial charge in [-0.15, -0.1) is 11.3 Å². The minimum absolute atomic E-state index is 0.0337. The first-order valence-electron chi connectivity index (χ1n) is 8.87. The van der Waals surface area contributed by atoms with Crippen LogP contribution in [0.1, 0.15) is 39.8 Å². The Morgan fingerprint density at radius 2 is 2.12 bits per heavy atom. The number of carbonyl (C=O) groups is 2. The van der Waals surface area contributed by atoms with Crippen LogP contribution in [0.2, 0.25) is 0 Å². The Bertz CT molecular complexity index is 858. The van der Waals surface area contributed by atoms with Crippen molar-refractivity contribution in [3.05, 3.63) is 57.0 Å². The smallest absolute Gasteiger partial charge is 0.308 e. The first-order chi connectivity index (χ1) is 12.5. The van der Waals surface area contributed by atoms with Gasteiger partial charge in [0, 0.05) is 28.8 Å². The summed E-state index contributed by atoms with van der Waals surface area (Å²) in [5.41, 5.74) is 1.81. The number of hydrogen-bond acceptors (Lipinski definition) is 4. The Labute approximate surface area is 155 Å². The Balaban J connectivity index is 1.61. The van der Waals surface area contributed by atoms with Gasteiger partial charge in [0.25, 0.3) is 0 Å². The summed E-state index contributed by atoms with van der Waals surface area (Å²) in [6, 6.07) is 7.87. The molecule has 0 unspecified atom stereocenters. The number of thiophene rings is 1. The van der Waals surface area contributed by atoms with E-state index in [2.05, 4.69) is 4.90 Å². The maximum absolute atomic E-state index is 13.8. The topological polar surface area (TPSA) is 57.6 Å². The second kappa shape index (κ2) is 6.93. The lowest BCUT2D eigenvalue weighted by atomic mass is 9.95. The molecule has 0 amide bonds. The summed E-state index contributed by atoms with van der Waals surface area (Å²) in [5.74, 6) is -0.884. The molecule has 4 nitrogen and oxygen atoms in total. The van der Waals surface area contributed by atoms with Crippen molar-refractivity contribution >= 4 is 23.1 Å². The van der Waals surface area contributed by atoms with E-state index in [-0.39, 0.29) is 23.9 Å². The van der Waals surface area contributed by atoms with Crippen molar-refractivity contribution in [3.8, 4) is 0 Å². The molecule has 1 aliphatic carbocycles. The van der Waals surface area contributed by atoms with Gasteiger partial charge in [0.2, 0.25) is 0 Å². The number of nitrogens with zero attached hydrogens (tertiary/aromatic N) is 1. The second-order valence-corrected chi connectivity index (χ2v) is 8.31. The van der Waals surface area contributed by atoms with Crippen LogP contribution in [0.15, 0.2) is 30.3 Å². The largest absolute Gasteiger partial charge is 0.481 e. The zero-order valence-corrected chi connectivity index (χ0v) is 15.1. The molecule has 0 bridgehead atoms. The van der Waals surface area contributed by atoms with E-state index in [9.17, 15) is 14.0 Å². The number of benzene rings is 1. The van der Waals surface area contributed by atoms with Gasteiger partial charge in [-0.05, 0) is 48.6 Å². The quantitative estimate of drug-likeness (QED) is 0.841. The number of halogens is 1. The fourth-order valence-corrected chi connectivity index (χ4v) is 4.86. The zero-order chi connectivity index (χ0) is 18.3. The number of aliphatic carboxylic acids is 1. The first-order valence-corrected chi connectivity index (χ1v) is 9.68. The molecule has 0 spiro atoms. The third-order valence-electron chi connectivity index (χ3n) is 5.05. The Kier molecular flexibility index (Phi) is 4.63. The molecular weight excluding hydrogens is 353 g/mol. The van der Waals surface area contributed by atoms with Crippen LogP contribution < -0.4 is 0 Å². The Morgan fingerprint density at radius 1 is 1.31 bits per heavy atom. The molecule has 2 heterocycles. The fourth-order valence-electron chi connectivity index (χ4n) is 3.70. The van der Waals surface area contributed by atoms with Gasteiger partial charge in [-0.25, -0.2) is 4.39 Å². The molecule has 1 saturated carbocycles. The van der Waals surface area contributed by atoms with E-state index >= 15 is 0 Å². The number of ketones is 1. The molecule has 136 valence electrons. The summed E-state index contributed by atoms with van der Waals surface area (Å²) in [6.07, 6.45) is 2.67. The van der Waals surface area contributed by atoms with E-state index in [0.717, 1.165) is 36.2 Å². The molecule has 1 N–H and O–H groups in total. The monoisotopic (exact) mass is 373 g/mol. The molecule has 6 heteroatoms. The maximum atomic E-state index is 13.8. The molecule has 0 saturated heterocycles. The highest BCUT2D eigenvalue weighted by molar-refractivity contribution is 7.12. The highest BCUT2D eigenvalue weighted by Crippen LogP contribution is 2.39. The minimum Gasteiger partial charge on any atom is -0.481 e. The average Bonchev–Trinajstić information content (AvgIpc) is 3.35. The number of fused-ring (bicyclic) bond motifs is 1. The normalized spacial score (nSPS) is 18.3. The van der Waals surface area contributed by atoms with Gasteiger partial charge in [0.15, 0.2) is 5.78 Å². The summed E-state index contributed by atoms with van der Waals surface area (Å²) in [6.45, 7) is 1.32. The van der Waals surface area contributed by atoms with Crippen molar-refractivity contribution in [1.29, 1.82) is 0 Å². The van der Waals surface area contributed by atoms with Gasteiger partial charge in [-0.3, -0.25) is 14.5 Å². The molecule has 2 aromatic rings. The van der Waals surface area contributed by atoms with Gasteiger partial charge < -0.3 is 5.11 Å². The Morgan fingerprint density at radius 3 is 2.81 bits per heavy atom. The van der Waals surface area contributed by atoms with Crippen LogP contribution in [0.4, 0.5) is 4.39 Å². The van der Waals surface area contributed by atoms with E-state index in [1.54, 1.807) is 17.4 Å². The van der Waals surface area contributed by atoms with Gasteiger partial charge >= 0.3 is 5.97 Å². The van der Waals surface area contributed by atoms with E-state index < -0.39 is 12.0 Å². The van der Waals surface area contributed by atoms with Crippen molar-refractivity contribution in [3.63, 3.8) is 0 Å². The highest BCUT2D eigenvalue weighted by Gasteiger charge is 2.39. The van der Waals surface area contributed by atoms with E-state index in [1.165, 1.54) is 17.0 Å². The molecule has 1 aromatic carbocycles. The van der Waals surface area contributed by atoms with Crippen LogP contribution in [-0.2, 0) is 29.0 Å². The van der Waals surface area contributed by atoms with Crippen molar-refractivity contribution in [2.45, 2.75) is 38.3 Å². The molecule has 2 aliphatic rings. The second-order valence-electron chi connectivity index (χ2n) is 7.09. The zero-order valence-electron chi connectivity index (χ0n) is 14.3. The predicted molar refractivity (Wildman–Crippen MR) is 96.6 cm³/mol. The summed E-state index contributed by atoms with van der Waals surface area (Å²) in [7, 11) is 0. The molecular formula is C20H20FNO3S. The lowest BCUT2D eigenvalue weighted by molar-refractivity contribution is -0.136. The summed E-state index contributed by atoms with van der Waals surface area (Å²) in [5, 5.41) is 9.00. The number of carbonyl (C=O) groups excluding carboxylic acids is 1. The van der Waals surface area contributed by atoms with Crippen LogP contribution in [0.25, 0.3) is 0 Å². The third kappa shape index (κ3) is 3.57. The number of hydrogen-bond donors (Lipinski definition) is 1. The van der Waals surface area contributed by atoms with Gasteiger partial charge in [-0.2, -0.15) is 0 Å². The van der Waals surface area contributed by atoms with Crippen LogP contribution in [0.5, 0.6) is 0 Å². The van der Waals surface area contributed by atoms with Gasteiger partial charge in [0.05, 0.1) is 12.5 Å². The standard InChI is InChI=1S/C20H20FNO3S/c21-15-3-1-2-13(8-15)19(20(25)12-4-5-12)22-7-6-17-14(11-22)9-16(26-17)10-18(23)24/h1-3,8-9,12,19H,4-7,10-11H2,(H,23,24)/t19-/m0/s1. The molecule has 26 heavy (non-hydrogen) atoms. The summed E-state index contributed by atoms with van der Waals surface area (Å²) in [4.78, 5) is 28.1. The van der Waals surface area contributed by atoms with Crippen molar-refractivity contribution in [2.24, 2.45) is 5.92 Å². The van der Waals surface area contributed by atoms with Crippen LogP contribution in [-0.4, -0.2) is 28.3 Å². The SMILES string of the molecule is O=C(O)Cc1cc2c(s1)CCN([C@H](C(=O)C1CC1)c1cccc(F)c1)C2. The van der Waals surface area contributed by atoms with Gasteiger partial charge in [-0.1, -0.05) is 12.1 Å². The number of carboxylic acids is 1. The predicted octanol–water partition coefficient (Wildman–Crippen LogP) is 3.59. The van der Waals surface area contributed by atoms with Crippen LogP contribution in [0, 0.1) is 11.7 Å². The van der Waals surface area contributed by atoms with Crippen molar-refractivity contribution in [2.75, 3.05) is 6.54 Å². The van der Waals surface area contributed by atoms with Crippen LogP contribution >= 0.6 is 11.3 Å². The molecule has 1 atom stereocenters. The van der Waals surface area contributed by atoms with Crippen molar-refractivity contribution in [1.82, 2.24) is 4.90 Å². The third-order valence-corrected chi connectivity index (χ3v) is 6.29. The number of Topliss-reactive ketones (excluding diaryl/α,β-unsaturated/α-hetero) is 1. The van der Waals surface area contributed by atoms with Crippen molar-refractivity contribution < 1.29 is 19.1 Å². The van der Waals surface area contributed by atoms with Crippen LogP contribution in [0.3, 0.4) is 0 Å².